The number of rotatable bonds is 4. The third kappa shape index (κ3) is 2.57. The van der Waals surface area contributed by atoms with Crippen LogP contribution in [0.15, 0.2) is 52.9 Å². The minimum Gasteiger partial charge on any atom is -0.439 e. The second-order valence-electron chi connectivity index (χ2n) is 5.99. The van der Waals surface area contributed by atoms with Crippen LogP contribution in [0.25, 0.3) is 11.1 Å². The number of ketones is 1. The van der Waals surface area contributed by atoms with Gasteiger partial charge in [0.25, 0.3) is 0 Å². The lowest BCUT2D eigenvalue weighted by atomic mass is 9.99. The molecule has 1 aromatic heterocycles. The van der Waals surface area contributed by atoms with Gasteiger partial charge in [0, 0.05) is 10.9 Å². The molecule has 1 aliphatic rings. The van der Waals surface area contributed by atoms with Crippen molar-refractivity contribution in [3.8, 4) is 6.07 Å². The Kier molecular flexibility index (Phi) is 3.59. The van der Waals surface area contributed by atoms with E-state index < -0.39 is 5.92 Å². The van der Waals surface area contributed by atoms with Crippen molar-refractivity contribution in [2.75, 3.05) is 0 Å². The van der Waals surface area contributed by atoms with E-state index in [2.05, 4.69) is 11.1 Å². The standard InChI is InChI=1S/C19H13ClN2O2/c20-12-5-3-4-11(8-12)13-9-14(13)18(23)15(10-21)19-22-16-6-1-2-7-17(16)24-19/h1-8,13-15H,9H2/t13-,14-,15-/m1/s1. The molecule has 3 aromatic rings. The molecule has 1 saturated carbocycles. The molecule has 0 saturated heterocycles. The first-order valence-electron chi connectivity index (χ1n) is 7.71. The molecule has 1 aliphatic carbocycles. The third-order valence-corrected chi connectivity index (χ3v) is 4.64. The Balaban J connectivity index is 1.58. The molecule has 1 heterocycles. The van der Waals surface area contributed by atoms with E-state index >= 15 is 0 Å². The fourth-order valence-electron chi connectivity index (χ4n) is 3.08. The monoisotopic (exact) mass is 336 g/mol. The summed E-state index contributed by atoms with van der Waals surface area (Å²) >= 11 is 6.01. The average molecular weight is 337 g/mol. The second-order valence-corrected chi connectivity index (χ2v) is 6.42. The van der Waals surface area contributed by atoms with Crippen molar-refractivity contribution in [2.24, 2.45) is 5.92 Å². The first kappa shape index (κ1) is 14.9. The number of nitrogens with zero attached hydrogens (tertiary/aromatic N) is 2. The van der Waals surface area contributed by atoms with Crippen LogP contribution >= 0.6 is 11.6 Å². The predicted molar refractivity (Wildman–Crippen MR) is 89.7 cm³/mol. The van der Waals surface area contributed by atoms with Gasteiger partial charge in [-0.1, -0.05) is 35.9 Å². The molecule has 0 spiro atoms. The lowest BCUT2D eigenvalue weighted by Crippen LogP contribution is -2.14. The highest BCUT2D eigenvalue weighted by atomic mass is 35.5. The molecule has 3 atom stereocenters. The molecule has 118 valence electrons. The Bertz CT molecular complexity index is 940. The molecule has 4 nitrogen and oxygen atoms in total. The zero-order chi connectivity index (χ0) is 16.7. The number of hydrogen-bond donors (Lipinski definition) is 0. The molecule has 1 fully saturated rings. The summed E-state index contributed by atoms with van der Waals surface area (Å²) in [6, 6.07) is 16.8. The van der Waals surface area contributed by atoms with Crippen molar-refractivity contribution >= 4 is 28.5 Å². The zero-order valence-electron chi connectivity index (χ0n) is 12.6. The van der Waals surface area contributed by atoms with E-state index in [0.717, 1.165) is 12.0 Å². The normalized spacial score (nSPS) is 20.5. The highest BCUT2D eigenvalue weighted by molar-refractivity contribution is 6.30. The van der Waals surface area contributed by atoms with Gasteiger partial charge in [-0.3, -0.25) is 4.79 Å². The molecule has 0 N–H and O–H groups in total. The SMILES string of the molecule is N#C[C@H](C(=O)[C@@H]1C[C@@H]1c1cccc(Cl)c1)c1nc2ccccc2o1. The van der Waals surface area contributed by atoms with Gasteiger partial charge in [-0.2, -0.15) is 5.26 Å². The van der Waals surface area contributed by atoms with Crippen molar-refractivity contribution in [1.29, 1.82) is 5.26 Å². The van der Waals surface area contributed by atoms with Crippen LogP contribution in [0.2, 0.25) is 5.02 Å². The minimum atomic E-state index is -0.966. The molecule has 0 amide bonds. The molecular formula is C19H13ClN2O2. The van der Waals surface area contributed by atoms with Crippen LogP contribution in [-0.4, -0.2) is 10.8 Å². The number of halogens is 1. The van der Waals surface area contributed by atoms with Gasteiger partial charge >= 0.3 is 0 Å². The average Bonchev–Trinajstić information content (AvgIpc) is 3.28. The third-order valence-electron chi connectivity index (χ3n) is 4.40. The summed E-state index contributed by atoms with van der Waals surface area (Å²) in [6.07, 6.45) is 0.734. The molecule has 0 bridgehead atoms. The van der Waals surface area contributed by atoms with E-state index in [-0.39, 0.29) is 23.5 Å². The lowest BCUT2D eigenvalue weighted by molar-refractivity contribution is -0.121. The molecule has 0 radical (unpaired) electrons. The molecule has 2 aromatic carbocycles. The minimum absolute atomic E-state index is 0.122. The molecule has 24 heavy (non-hydrogen) atoms. The first-order chi connectivity index (χ1) is 11.7. The Hall–Kier alpha value is -2.64. The fraction of sp³-hybridized carbons (Fsp3) is 0.211. The van der Waals surface area contributed by atoms with Crippen LogP contribution in [0, 0.1) is 17.2 Å². The molecule has 0 aliphatic heterocycles. The quantitative estimate of drug-likeness (QED) is 0.705. The number of aromatic nitrogens is 1. The van der Waals surface area contributed by atoms with Crippen molar-refractivity contribution in [3.05, 3.63) is 65.0 Å². The van der Waals surface area contributed by atoms with Crippen molar-refractivity contribution in [3.63, 3.8) is 0 Å². The van der Waals surface area contributed by atoms with Crippen LogP contribution in [0.1, 0.15) is 29.7 Å². The number of fused-ring (bicyclic) bond motifs is 1. The number of hydrogen-bond acceptors (Lipinski definition) is 4. The first-order valence-corrected chi connectivity index (χ1v) is 8.09. The smallest absolute Gasteiger partial charge is 0.220 e. The van der Waals surface area contributed by atoms with Gasteiger partial charge < -0.3 is 4.42 Å². The Morgan fingerprint density at radius 2 is 2.12 bits per heavy atom. The van der Waals surface area contributed by atoms with E-state index in [1.54, 1.807) is 18.2 Å². The summed E-state index contributed by atoms with van der Waals surface area (Å²) in [5, 5.41) is 10.1. The number of para-hydroxylation sites is 2. The number of nitriles is 1. The predicted octanol–water partition coefficient (Wildman–Crippen LogP) is 4.46. The maximum Gasteiger partial charge on any atom is 0.220 e. The van der Waals surface area contributed by atoms with Crippen LogP contribution in [0.5, 0.6) is 0 Å². The van der Waals surface area contributed by atoms with Gasteiger partial charge in [0.05, 0.1) is 6.07 Å². The topological polar surface area (TPSA) is 66.9 Å². The number of benzene rings is 2. The molecule has 4 rings (SSSR count). The fourth-order valence-corrected chi connectivity index (χ4v) is 3.28. The summed E-state index contributed by atoms with van der Waals surface area (Å²) < 4.78 is 5.60. The number of carbonyl (C=O) groups excluding carboxylic acids is 1. The Labute approximate surface area is 143 Å². The van der Waals surface area contributed by atoms with E-state index in [9.17, 15) is 10.1 Å². The van der Waals surface area contributed by atoms with Gasteiger partial charge in [0.2, 0.25) is 5.89 Å². The van der Waals surface area contributed by atoms with E-state index in [4.69, 9.17) is 16.0 Å². The van der Waals surface area contributed by atoms with Gasteiger partial charge in [-0.05, 0) is 42.2 Å². The number of Topliss-reactive ketones (excluding diaryl/α,β-unsaturated/α-hetero) is 1. The highest BCUT2D eigenvalue weighted by Gasteiger charge is 2.47. The maximum atomic E-state index is 12.7. The van der Waals surface area contributed by atoms with Crippen LogP contribution in [-0.2, 0) is 4.79 Å². The molecular weight excluding hydrogens is 324 g/mol. The largest absolute Gasteiger partial charge is 0.439 e. The van der Waals surface area contributed by atoms with Crippen molar-refractivity contribution in [2.45, 2.75) is 18.3 Å². The highest BCUT2D eigenvalue weighted by Crippen LogP contribution is 2.50. The Morgan fingerprint density at radius 1 is 1.29 bits per heavy atom. The van der Waals surface area contributed by atoms with Crippen LogP contribution in [0.4, 0.5) is 0 Å². The zero-order valence-corrected chi connectivity index (χ0v) is 13.4. The molecule has 0 unspecified atom stereocenters. The van der Waals surface area contributed by atoms with E-state index in [1.165, 1.54) is 0 Å². The number of oxazole rings is 1. The Morgan fingerprint density at radius 3 is 2.88 bits per heavy atom. The van der Waals surface area contributed by atoms with Gasteiger partial charge in [0.15, 0.2) is 17.3 Å². The van der Waals surface area contributed by atoms with Crippen molar-refractivity contribution in [1.82, 2.24) is 4.98 Å². The summed E-state index contributed by atoms with van der Waals surface area (Å²) in [4.78, 5) is 17.0. The number of carbonyl (C=O) groups is 1. The van der Waals surface area contributed by atoms with Crippen molar-refractivity contribution < 1.29 is 9.21 Å². The maximum absolute atomic E-state index is 12.7. The summed E-state index contributed by atoms with van der Waals surface area (Å²) in [7, 11) is 0. The van der Waals surface area contributed by atoms with Crippen LogP contribution < -0.4 is 0 Å². The van der Waals surface area contributed by atoms with Gasteiger partial charge in [-0.15, -0.1) is 0 Å². The van der Waals surface area contributed by atoms with Gasteiger partial charge in [0.1, 0.15) is 5.52 Å². The summed E-state index contributed by atoms with van der Waals surface area (Å²) in [5.74, 6) is -0.972. The van der Waals surface area contributed by atoms with Crippen LogP contribution in [0.3, 0.4) is 0 Å². The van der Waals surface area contributed by atoms with Gasteiger partial charge in [-0.25, -0.2) is 4.98 Å². The lowest BCUT2D eigenvalue weighted by Gasteiger charge is -2.04. The second kappa shape index (κ2) is 5.77. The molecule has 5 heteroatoms. The summed E-state index contributed by atoms with van der Waals surface area (Å²) in [6.45, 7) is 0. The summed E-state index contributed by atoms with van der Waals surface area (Å²) in [5.41, 5.74) is 2.28. The van der Waals surface area contributed by atoms with E-state index in [1.807, 2.05) is 30.3 Å². The van der Waals surface area contributed by atoms with E-state index in [0.29, 0.717) is 16.1 Å².